The molecular weight excluding hydrogens is 236 g/mol. The van der Waals surface area contributed by atoms with Gasteiger partial charge in [-0.25, -0.2) is 4.57 Å². The fourth-order valence-corrected chi connectivity index (χ4v) is 2.39. The zero-order valence-corrected chi connectivity index (χ0v) is 11.3. The minimum Gasteiger partial charge on any atom is -0.328 e. The van der Waals surface area contributed by atoms with Gasteiger partial charge in [0.25, 0.3) is 0 Å². The number of aryl methyl sites for hydroxylation is 1. The SMILES string of the molecule is CC(Cc1ccccc1NC=O)c1cccc[n+]1C. The largest absolute Gasteiger partial charge is 0.328 e. The number of pyridine rings is 1. The van der Waals surface area contributed by atoms with Crippen LogP contribution in [0.1, 0.15) is 24.1 Å². The molecule has 0 fully saturated rings. The number of rotatable bonds is 5. The van der Waals surface area contributed by atoms with Crippen LogP contribution in [0.4, 0.5) is 5.69 Å². The second-order valence-corrected chi connectivity index (χ2v) is 4.76. The Morgan fingerprint density at radius 2 is 1.95 bits per heavy atom. The topological polar surface area (TPSA) is 33.0 Å². The van der Waals surface area contributed by atoms with E-state index in [9.17, 15) is 4.79 Å². The summed E-state index contributed by atoms with van der Waals surface area (Å²) in [7, 11) is 2.06. The van der Waals surface area contributed by atoms with Gasteiger partial charge in [0.05, 0.1) is 0 Å². The number of carbonyl (C=O) groups is 1. The number of hydrogen-bond acceptors (Lipinski definition) is 1. The highest BCUT2D eigenvalue weighted by atomic mass is 16.1. The summed E-state index contributed by atoms with van der Waals surface area (Å²) in [6.45, 7) is 2.20. The first kappa shape index (κ1) is 13.3. The smallest absolute Gasteiger partial charge is 0.211 e. The van der Waals surface area contributed by atoms with Crippen LogP contribution in [-0.2, 0) is 18.3 Å². The highest BCUT2D eigenvalue weighted by Gasteiger charge is 2.16. The molecule has 2 rings (SSSR count). The van der Waals surface area contributed by atoms with Crippen molar-refractivity contribution in [3.05, 3.63) is 59.9 Å². The van der Waals surface area contributed by atoms with E-state index in [0.717, 1.165) is 24.1 Å². The van der Waals surface area contributed by atoms with Crippen LogP contribution in [0.3, 0.4) is 0 Å². The molecule has 2 aromatic rings. The number of nitrogens with zero attached hydrogens (tertiary/aromatic N) is 1. The normalized spacial score (nSPS) is 11.9. The van der Waals surface area contributed by atoms with E-state index in [0.29, 0.717) is 5.92 Å². The summed E-state index contributed by atoms with van der Waals surface area (Å²) in [5.74, 6) is 0.390. The monoisotopic (exact) mass is 255 g/mol. The standard InChI is InChI=1S/C16H18N2O/c1-13(16-9-5-6-10-18(16)2)11-14-7-3-4-8-15(14)17-12-19/h3-10,12-13H,11H2,1-2H3/p+1. The molecule has 1 heterocycles. The molecule has 1 N–H and O–H groups in total. The van der Waals surface area contributed by atoms with E-state index < -0.39 is 0 Å². The molecule has 0 saturated heterocycles. The zero-order valence-electron chi connectivity index (χ0n) is 11.3. The molecule has 1 amide bonds. The van der Waals surface area contributed by atoms with Gasteiger partial charge in [-0.15, -0.1) is 0 Å². The molecule has 0 spiro atoms. The van der Waals surface area contributed by atoms with E-state index in [2.05, 4.69) is 48.3 Å². The van der Waals surface area contributed by atoms with Gasteiger partial charge in [-0.05, 0) is 18.1 Å². The molecule has 3 nitrogen and oxygen atoms in total. The van der Waals surface area contributed by atoms with Crippen molar-refractivity contribution in [3.63, 3.8) is 0 Å². The summed E-state index contributed by atoms with van der Waals surface area (Å²) in [6.07, 6.45) is 3.68. The number of benzene rings is 1. The highest BCUT2D eigenvalue weighted by Crippen LogP contribution is 2.22. The maximum Gasteiger partial charge on any atom is 0.211 e. The van der Waals surface area contributed by atoms with Crippen LogP contribution in [0.15, 0.2) is 48.7 Å². The number of aromatic nitrogens is 1. The van der Waals surface area contributed by atoms with E-state index >= 15 is 0 Å². The minimum absolute atomic E-state index is 0.390. The molecule has 3 heteroatoms. The van der Waals surface area contributed by atoms with Crippen molar-refractivity contribution in [2.75, 3.05) is 5.32 Å². The molecule has 98 valence electrons. The van der Waals surface area contributed by atoms with Crippen molar-refractivity contribution in [3.8, 4) is 0 Å². The van der Waals surface area contributed by atoms with Crippen LogP contribution in [0, 0.1) is 0 Å². The van der Waals surface area contributed by atoms with Gasteiger partial charge < -0.3 is 5.32 Å². The first-order chi connectivity index (χ1) is 9.22. The number of carbonyl (C=O) groups excluding carboxylic acids is 1. The lowest BCUT2D eigenvalue weighted by Crippen LogP contribution is -2.34. The van der Waals surface area contributed by atoms with Gasteiger partial charge >= 0.3 is 0 Å². The van der Waals surface area contributed by atoms with E-state index in [1.54, 1.807) is 0 Å². The first-order valence-corrected chi connectivity index (χ1v) is 6.45. The van der Waals surface area contributed by atoms with Gasteiger partial charge in [-0.3, -0.25) is 4.79 Å². The highest BCUT2D eigenvalue weighted by molar-refractivity contribution is 5.73. The van der Waals surface area contributed by atoms with E-state index in [1.165, 1.54) is 5.69 Å². The van der Waals surface area contributed by atoms with Gasteiger partial charge in [-0.2, -0.15) is 0 Å². The van der Waals surface area contributed by atoms with Crippen molar-refractivity contribution < 1.29 is 9.36 Å². The third-order valence-electron chi connectivity index (χ3n) is 3.36. The van der Waals surface area contributed by atoms with Crippen LogP contribution in [0.5, 0.6) is 0 Å². The van der Waals surface area contributed by atoms with Crippen molar-refractivity contribution in [1.82, 2.24) is 0 Å². The van der Waals surface area contributed by atoms with Crippen LogP contribution in [0.2, 0.25) is 0 Å². The zero-order chi connectivity index (χ0) is 13.7. The molecule has 0 saturated carbocycles. The van der Waals surface area contributed by atoms with E-state index in [4.69, 9.17) is 0 Å². The summed E-state index contributed by atoms with van der Waals surface area (Å²) in [5, 5.41) is 2.76. The average molecular weight is 255 g/mol. The molecule has 1 aromatic carbocycles. The van der Waals surface area contributed by atoms with E-state index in [-0.39, 0.29) is 0 Å². The maximum atomic E-state index is 10.6. The van der Waals surface area contributed by atoms with Gasteiger partial charge in [0, 0.05) is 23.7 Å². The summed E-state index contributed by atoms with van der Waals surface area (Å²) < 4.78 is 2.14. The van der Waals surface area contributed by atoms with Crippen molar-refractivity contribution >= 4 is 12.1 Å². The minimum atomic E-state index is 0.390. The van der Waals surface area contributed by atoms with Crippen molar-refractivity contribution in [2.45, 2.75) is 19.3 Å². The second kappa shape index (κ2) is 6.14. The van der Waals surface area contributed by atoms with Crippen molar-refractivity contribution in [2.24, 2.45) is 7.05 Å². The van der Waals surface area contributed by atoms with Crippen LogP contribution in [0.25, 0.3) is 0 Å². The second-order valence-electron chi connectivity index (χ2n) is 4.76. The Labute approximate surface area is 113 Å². The molecule has 1 atom stereocenters. The number of hydrogen-bond donors (Lipinski definition) is 1. The predicted octanol–water partition coefficient (Wildman–Crippen LogP) is 2.43. The summed E-state index contributed by atoms with van der Waals surface area (Å²) in [6, 6.07) is 14.2. The molecule has 1 unspecified atom stereocenters. The number of nitrogens with one attached hydrogen (secondary N) is 1. The van der Waals surface area contributed by atoms with E-state index in [1.807, 2.05) is 24.3 Å². The third-order valence-corrected chi connectivity index (χ3v) is 3.36. The predicted molar refractivity (Wildman–Crippen MR) is 75.9 cm³/mol. The summed E-state index contributed by atoms with van der Waals surface area (Å²) in [5.41, 5.74) is 3.33. The van der Waals surface area contributed by atoms with Crippen LogP contribution in [-0.4, -0.2) is 6.41 Å². The lowest BCUT2D eigenvalue weighted by atomic mass is 9.96. The molecule has 0 aliphatic carbocycles. The van der Waals surface area contributed by atoms with Gasteiger partial charge in [0.15, 0.2) is 11.9 Å². The van der Waals surface area contributed by atoms with Gasteiger partial charge in [0.2, 0.25) is 6.41 Å². The fraction of sp³-hybridized carbons (Fsp3) is 0.250. The molecule has 0 aliphatic heterocycles. The first-order valence-electron chi connectivity index (χ1n) is 6.45. The third kappa shape index (κ3) is 3.19. The lowest BCUT2D eigenvalue weighted by molar-refractivity contribution is -0.680. The number of para-hydroxylation sites is 1. The molecule has 1 aromatic heterocycles. The Hall–Kier alpha value is -2.16. The van der Waals surface area contributed by atoms with Crippen molar-refractivity contribution in [1.29, 1.82) is 0 Å². The quantitative estimate of drug-likeness (QED) is 0.646. The van der Waals surface area contributed by atoms with Crippen LogP contribution < -0.4 is 9.88 Å². The average Bonchev–Trinajstić information content (AvgIpc) is 2.41. The summed E-state index contributed by atoms with van der Waals surface area (Å²) >= 11 is 0. The van der Waals surface area contributed by atoms with Crippen LogP contribution >= 0.6 is 0 Å². The Bertz CT molecular complexity index is 566. The molecule has 0 bridgehead atoms. The Balaban J connectivity index is 2.22. The molecule has 0 radical (unpaired) electrons. The van der Waals surface area contributed by atoms with Gasteiger partial charge in [0.1, 0.15) is 7.05 Å². The van der Waals surface area contributed by atoms with Gasteiger partial charge in [-0.1, -0.05) is 31.2 Å². The molecule has 0 aliphatic rings. The lowest BCUT2D eigenvalue weighted by Gasteiger charge is -2.12. The maximum absolute atomic E-state index is 10.6. The molecule has 19 heavy (non-hydrogen) atoms. The number of anilines is 1. The molecular formula is C16H19N2O+. The number of amides is 1. The Morgan fingerprint density at radius 3 is 2.68 bits per heavy atom. The summed E-state index contributed by atoms with van der Waals surface area (Å²) in [4.78, 5) is 10.6. The fourth-order valence-electron chi connectivity index (χ4n) is 2.39. The Kier molecular flexibility index (Phi) is 4.29. The Morgan fingerprint density at radius 1 is 1.21 bits per heavy atom.